The molecule has 0 radical (unpaired) electrons. The van der Waals surface area contributed by atoms with Crippen molar-refractivity contribution in [2.75, 3.05) is 13.2 Å². The summed E-state index contributed by atoms with van der Waals surface area (Å²) in [6.07, 6.45) is 0. The van der Waals surface area contributed by atoms with Gasteiger partial charge in [-0.15, -0.1) is 0 Å². The minimum Gasteiger partial charge on any atom is -0.482 e. The molecule has 2 rings (SSSR count). The Bertz CT molecular complexity index is 907. The maximum Gasteiger partial charge on any atom is 0.276 e. The molecule has 2 aromatic rings. The predicted octanol–water partition coefficient (Wildman–Crippen LogP) is 3.65. The van der Waals surface area contributed by atoms with Gasteiger partial charge in [-0.3, -0.25) is 25.8 Å². The van der Waals surface area contributed by atoms with E-state index in [9.17, 15) is 9.59 Å². The molecule has 11 heteroatoms. The lowest BCUT2D eigenvalue weighted by molar-refractivity contribution is -0.124. The number of rotatable bonds is 6. The number of benzene rings is 2. The third-order valence-electron chi connectivity index (χ3n) is 3.31. The number of carbonyl (C=O) groups is 2. The first-order valence-electron chi connectivity index (χ1n) is 8.10. The zero-order chi connectivity index (χ0) is 21.4. The summed E-state index contributed by atoms with van der Waals surface area (Å²) in [5, 5.41) is 2.67. The molecule has 29 heavy (non-hydrogen) atoms. The summed E-state index contributed by atoms with van der Waals surface area (Å²) in [5.41, 5.74) is 5.61. The van der Waals surface area contributed by atoms with E-state index in [4.69, 9.17) is 33.3 Å². The number of para-hydroxylation sites is 1. The van der Waals surface area contributed by atoms with Crippen LogP contribution in [0.1, 0.15) is 5.56 Å². The van der Waals surface area contributed by atoms with Gasteiger partial charge in [0.2, 0.25) is 0 Å². The van der Waals surface area contributed by atoms with E-state index in [1.54, 1.807) is 24.3 Å². The SMILES string of the molecule is Cc1cc(Br)cc(Br)c1OCC(=O)NNC(=S)NC(=O)COc1ccccc1Cl. The van der Waals surface area contributed by atoms with E-state index in [-0.39, 0.29) is 18.3 Å². The van der Waals surface area contributed by atoms with Gasteiger partial charge < -0.3 is 9.47 Å². The number of aryl methyl sites for hydroxylation is 1. The van der Waals surface area contributed by atoms with Crippen LogP contribution in [0.5, 0.6) is 11.5 Å². The van der Waals surface area contributed by atoms with Crippen LogP contribution >= 0.6 is 55.7 Å². The molecule has 0 aromatic heterocycles. The second-order valence-corrected chi connectivity index (χ2v) is 8.18. The fourth-order valence-corrected chi connectivity index (χ4v) is 3.98. The normalized spacial score (nSPS) is 10.1. The fraction of sp³-hybridized carbons (Fsp3) is 0.167. The summed E-state index contributed by atoms with van der Waals surface area (Å²) in [7, 11) is 0. The lowest BCUT2D eigenvalue weighted by Crippen LogP contribution is -2.50. The quantitative estimate of drug-likeness (QED) is 0.366. The maximum atomic E-state index is 11.9. The number of ether oxygens (including phenoxy) is 2. The van der Waals surface area contributed by atoms with Crippen molar-refractivity contribution in [3.05, 3.63) is 55.9 Å². The van der Waals surface area contributed by atoms with Gasteiger partial charge in [0.25, 0.3) is 11.8 Å². The van der Waals surface area contributed by atoms with Gasteiger partial charge in [-0.1, -0.05) is 39.7 Å². The molecular formula is C18H16Br2ClN3O4S. The minimum absolute atomic E-state index is 0.0906. The number of hydrogen-bond acceptors (Lipinski definition) is 5. The number of halogens is 3. The van der Waals surface area contributed by atoms with Gasteiger partial charge in [0.05, 0.1) is 9.50 Å². The van der Waals surface area contributed by atoms with Crippen LogP contribution in [0.2, 0.25) is 5.02 Å². The highest BCUT2D eigenvalue weighted by atomic mass is 79.9. The number of nitrogens with one attached hydrogen (secondary N) is 3. The molecule has 0 aliphatic heterocycles. The number of carbonyl (C=O) groups excluding carboxylic acids is 2. The molecule has 0 spiro atoms. The molecule has 0 atom stereocenters. The van der Waals surface area contributed by atoms with Gasteiger partial charge in [-0.05, 0) is 64.9 Å². The van der Waals surface area contributed by atoms with Crippen molar-refractivity contribution in [1.29, 1.82) is 0 Å². The molecule has 0 unspecified atom stereocenters. The van der Waals surface area contributed by atoms with E-state index in [2.05, 4.69) is 48.0 Å². The Kier molecular flexibility index (Phi) is 9.15. The molecule has 0 saturated heterocycles. The number of amides is 2. The van der Waals surface area contributed by atoms with E-state index < -0.39 is 11.8 Å². The molecule has 0 heterocycles. The average Bonchev–Trinajstić information content (AvgIpc) is 2.65. The van der Waals surface area contributed by atoms with Crippen LogP contribution in [0.4, 0.5) is 0 Å². The van der Waals surface area contributed by atoms with Crippen molar-refractivity contribution in [3.63, 3.8) is 0 Å². The number of thiocarbonyl (C=S) groups is 1. The molecule has 2 aromatic carbocycles. The molecule has 154 valence electrons. The van der Waals surface area contributed by atoms with E-state index >= 15 is 0 Å². The van der Waals surface area contributed by atoms with Crippen LogP contribution in [-0.4, -0.2) is 30.1 Å². The van der Waals surface area contributed by atoms with Gasteiger partial charge in [0.1, 0.15) is 11.5 Å². The topological polar surface area (TPSA) is 88.7 Å². The van der Waals surface area contributed by atoms with Gasteiger partial charge >= 0.3 is 0 Å². The van der Waals surface area contributed by atoms with E-state index in [1.165, 1.54) is 0 Å². The summed E-state index contributed by atoms with van der Waals surface area (Å²) in [4.78, 5) is 23.8. The van der Waals surface area contributed by atoms with Gasteiger partial charge in [0.15, 0.2) is 18.3 Å². The van der Waals surface area contributed by atoms with Crippen LogP contribution in [0.3, 0.4) is 0 Å². The lowest BCUT2D eigenvalue weighted by Gasteiger charge is -2.13. The zero-order valence-corrected chi connectivity index (χ0v) is 19.8. The van der Waals surface area contributed by atoms with Crippen LogP contribution in [0.25, 0.3) is 0 Å². The van der Waals surface area contributed by atoms with E-state index in [0.29, 0.717) is 21.0 Å². The smallest absolute Gasteiger partial charge is 0.276 e. The molecule has 0 fully saturated rings. The van der Waals surface area contributed by atoms with Gasteiger partial charge in [0, 0.05) is 4.47 Å². The minimum atomic E-state index is -0.512. The first kappa shape index (κ1) is 23.4. The Hall–Kier alpha value is -1.88. The summed E-state index contributed by atoms with van der Waals surface area (Å²) in [5.74, 6) is -0.0653. The van der Waals surface area contributed by atoms with Crippen molar-refractivity contribution in [1.82, 2.24) is 16.2 Å². The average molecular weight is 566 g/mol. The van der Waals surface area contributed by atoms with E-state index in [0.717, 1.165) is 10.0 Å². The van der Waals surface area contributed by atoms with Crippen LogP contribution in [-0.2, 0) is 9.59 Å². The first-order valence-corrected chi connectivity index (χ1v) is 10.5. The van der Waals surface area contributed by atoms with Crippen LogP contribution < -0.4 is 25.6 Å². The molecular weight excluding hydrogens is 550 g/mol. The van der Waals surface area contributed by atoms with Crippen molar-refractivity contribution in [3.8, 4) is 11.5 Å². The van der Waals surface area contributed by atoms with Gasteiger partial charge in [-0.2, -0.15) is 0 Å². The van der Waals surface area contributed by atoms with Crippen molar-refractivity contribution >= 4 is 72.6 Å². The first-order chi connectivity index (χ1) is 13.8. The third kappa shape index (κ3) is 7.81. The molecule has 3 N–H and O–H groups in total. The summed E-state index contributed by atoms with van der Waals surface area (Å²) >= 11 is 17.6. The van der Waals surface area contributed by atoms with E-state index in [1.807, 2.05) is 19.1 Å². The highest BCUT2D eigenvalue weighted by Crippen LogP contribution is 2.32. The Morgan fingerprint density at radius 2 is 1.76 bits per heavy atom. The standard InChI is InChI=1S/C18H16Br2ClN3O4S/c1-10-6-11(19)7-12(20)17(10)28-9-16(26)23-24-18(29)22-15(25)8-27-14-5-3-2-4-13(14)21/h2-7H,8-9H2,1H3,(H,23,26)(H2,22,24,25,29). The molecule has 7 nitrogen and oxygen atoms in total. The summed E-state index contributed by atoms with van der Waals surface area (Å²) in [6, 6.07) is 10.4. The molecule has 2 amide bonds. The second kappa shape index (κ2) is 11.3. The highest BCUT2D eigenvalue weighted by molar-refractivity contribution is 9.11. The Morgan fingerprint density at radius 1 is 1.07 bits per heavy atom. The fourth-order valence-electron chi connectivity index (χ4n) is 2.07. The highest BCUT2D eigenvalue weighted by Gasteiger charge is 2.11. The molecule has 0 aliphatic rings. The second-order valence-electron chi connectivity index (χ2n) is 5.59. The Balaban J connectivity index is 1.71. The molecule has 0 aliphatic carbocycles. The van der Waals surface area contributed by atoms with Crippen LogP contribution in [0.15, 0.2) is 45.3 Å². The molecule has 0 bridgehead atoms. The van der Waals surface area contributed by atoms with Crippen molar-refractivity contribution in [2.24, 2.45) is 0 Å². The van der Waals surface area contributed by atoms with Crippen LogP contribution in [0, 0.1) is 6.92 Å². The Morgan fingerprint density at radius 3 is 2.45 bits per heavy atom. The third-order valence-corrected chi connectivity index (χ3v) is 4.87. The number of hydrogen-bond donors (Lipinski definition) is 3. The monoisotopic (exact) mass is 563 g/mol. The van der Waals surface area contributed by atoms with Crippen molar-refractivity contribution in [2.45, 2.75) is 6.92 Å². The zero-order valence-electron chi connectivity index (χ0n) is 15.1. The van der Waals surface area contributed by atoms with Crippen molar-refractivity contribution < 1.29 is 19.1 Å². The largest absolute Gasteiger partial charge is 0.482 e. The summed E-state index contributed by atoms with van der Waals surface area (Å²) in [6.45, 7) is 1.32. The van der Waals surface area contributed by atoms with Gasteiger partial charge in [-0.25, -0.2) is 0 Å². The molecule has 0 saturated carbocycles. The predicted molar refractivity (Wildman–Crippen MR) is 121 cm³/mol. The summed E-state index contributed by atoms with van der Waals surface area (Å²) < 4.78 is 12.4. The Labute approximate surface area is 194 Å². The lowest BCUT2D eigenvalue weighted by atomic mass is 10.2. The number of hydrazine groups is 1. The maximum absolute atomic E-state index is 11.9.